The Bertz CT molecular complexity index is 1200. The van der Waals surface area contributed by atoms with Crippen molar-refractivity contribution in [1.29, 1.82) is 0 Å². The number of carbonyl (C=O) groups excluding carboxylic acids is 1. The smallest absolute Gasteiger partial charge is 0.419 e. The number of thiazole rings is 1. The van der Waals surface area contributed by atoms with E-state index in [1.165, 1.54) is 11.3 Å². The summed E-state index contributed by atoms with van der Waals surface area (Å²) in [6.45, 7) is 5.55. The molecule has 4 aromatic rings. The summed E-state index contributed by atoms with van der Waals surface area (Å²) in [5, 5.41) is 0.920. The van der Waals surface area contributed by atoms with E-state index >= 15 is 0 Å². The fraction of sp³-hybridized carbons (Fsp3) is 0.238. The Morgan fingerprint density at radius 2 is 1.93 bits per heavy atom. The van der Waals surface area contributed by atoms with E-state index in [4.69, 9.17) is 21.1 Å². The minimum absolute atomic E-state index is 0.437. The van der Waals surface area contributed by atoms with Gasteiger partial charge >= 0.3 is 6.09 Å². The van der Waals surface area contributed by atoms with E-state index in [1.54, 1.807) is 11.7 Å². The van der Waals surface area contributed by atoms with Gasteiger partial charge in [0.25, 0.3) is 0 Å². The van der Waals surface area contributed by atoms with Crippen molar-refractivity contribution in [3.8, 4) is 17.0 Å². The van der Waals surface area contributed by atoms with Gasteiger partial charge in [0, 0.05) is 17.0 Å². The van der Waals surface area contributed by atoms with Gasteiger partial charge in [-0.05, 0) is 51.1 Å². The molecule has 2 aromatic heterocycles. The molecule has 0 saturated carbocycles. The highest BCUT2D eigenvalue weighted by Crippen LogP contribution is 2.34. The molecular formula is C21H19ClN2O3S. The molecule has 0 spiro atoms. The topological polar surface area (TPSA) is 53.4 Å². The first-order valence-electron chi connectivity index (χ1n) is 8.74. The summed E-state index contributed by atoms with van der Waals surface area (Å²) < 4.78 is 14.1. The van der Waals surface area contributed by atoms with Gasteiger partial charge in [-0.25, -0.2) is 14.3 Å². The Hall–Kier alpha value is -2.57. The molecule has 2 heterocycles. The molecule has 0 aliphatic rings. The number of hydrogen-bond acceptors (Lipinski definition) is 5. The third-order valence-electron chi connectivity index (χ3n) is 4.25. The van der Waals surface area contributed by atoms with Crippen molar-refractivity contribution < 1.29 is 14.3 Å². The zero-order chi connectivity index (χ0) is 20.1. The summed E-state index contributed by atoms with van der Waals surface area (Å²) in [5.74, 6) is 0.673. The molecule has 0 amide bonds. The molecule has 144 valence electrons. The van der Waals surface area contributed by atoms with Gasteiger partial charge in [-0.1, -0.05) is 17.7 Å². The van der Waals surface area contributed by atoms with E-state index in [-0.39, 0.29) is 0 Å². The molecule has 0 aliphatic heterocycles. The molecule has 5 nitrogen and oxygen atoms in total. The maximum Gasteiger partial charge on any atom is 0.419 e. The van der Waals surface area contributed by atoms with Gasteiger partial charge in [0.15, 0.2) is 4.47 Å². The lowest BCUT2D eigenvalue weighted by Crippen LogP contribution is -2.27. The largest absolute Gasteiger partial charge is 0.497 e. The Kier molecular flexibility index (Phi) is 4.56. The summed E-state index contributed by atoms with van der Waals surface area (Å²) in [5.41, 5.74) is 2.57. The number of halogens is 1. The van der Waals surface area contributed by atoms with E-state index in [0.29, 0.717) is 10.2 Å². The van der Waals surface area contributed by atoms with E-state index < -0.39 is 11.7 Å². The third kappa shape index (κ3) is 3.45. The van der Waals surface area contributed by atoms with Crippen LogP contribution in [-0.2, 0) is 4.74 Å². The van der Waals surface area contributed by atoms with Crippen LogP contribution in [0.15, 0.2) is 42.5 Å². The van der Waals surface area contributed by atoms with E-state index in [2.05, 4.69) is 4.98 Å². The van der Waals surface area contributed by atoms with E-state index in [1.807, 2.05) is 63.2 Å². The maximum atomic E-state index is 13.1. The molecule has 0 N–H and O–H groups in total. The van der Waals surface area contributed by atoms with Crippen LogP contribution in [0.5, 0.6) is 5.75 Å². The van der Waals surface area contributed by atoms with Crippen LogP contribution in [0.4, 0.5) is 4.79 Å². The Morgan fingerprint density at radius 3 is 2.64 bits per heavy atom. The standard InChI is InChI=1S/C21H19ClN2O3S/c1-21(2,3)27-20(25)24-16(9-12-5-7-14(26-4)11-17(12)24)13-6-8-15-18(10-13)28-19(22)23-15/h5-11H,1-4H3. The van der Waals surface area contributed by atoms with Gasteiger partial charge < -0.3 is 9.47 Å². The highest BCUT2D eigenvalue weighted by molar-refractivity contribution is 7.22. The Balaban J connectivity index is 1.95. The van der Waals surface area contributed by atoms with Gasteiger partial charge in [-0.15, -0.1) is 11.3 Å². The number of rotatable bonds is 2. The highest BCUT2D eigenvalue weighted by atomic mass is 35.5. The van der Waals surface area contributed by atoms with Gasteiger partial charge in [0.05, 0.1) is 28.5 Å². The predicted molar refractivity (Wildman–Crippen MR) is 114 cm³/mol. The number of ether oxygens (including phenoxy) is 2. The molecule has 0 saturated heterocycles. The fourth-order valence-corrected chi connectivity index (χ4v) is 4.15. The molecule has 7 heteroatoms. The summed E-state index contributed by atoms with van der Waals surface area (Å²) >= 11 is 7.45. The molecule has 0 unspecified atom stereocenters. The average Bonchev–Trinajstić information content (AvgIpc) is 3.17. The molecule has 0 atom stereocenters. The van der Waals surface area contributed by atoms with E-state index in [9.17, 15) is 4.79 Å². The number of carbonyl (C=O) groups is 1. The van der Waals surface area contributed by atoms with Gasteiger partial charge in [0.2, 0.25) is 0 Å². The van der Waals surface area contributed by atoms with Crippen LogP contribution in [0.2, 0.25) is 4.47 Å². The van der Waals surface area contributed by atoms with Crippen molar-refractivity contribution >= 4 is 50.2 Å². The number of hydrogen-bond donors (Lipinski definition) is 0. The number of fused-ring (bicyclic) bond motifs is 2. The Morgan fingerprint density at radius 1 is 1.14 bits per heavy atom. The van der Waals surface area contributed by atoms with Gasteiger partial charge in [0.1, 0.15) is 11.4 Å². The molecule has 2 aromatic carbocycles. The van der Waals surface area contributed by atoms with Crippen molar-refractivity contribution in [2.75, 3.05) is 7.11 Å². The van der Waals surface area contributed by atoms with E-state index in [0.717, 1.165) is 32.4 Å². The predicted octanol–water partition coefficient (Wildman–Crippen LogP) is 6.36. The second-order valence-electron chi connectivity index (χ2n) is 7.42. The normalized spacial score (nSPS) is 11.9. The quantitative estimate of drug-likeness (QED) is 0.382. The maximum absolute atomic E-state index is 13.1. The lowest BCUT2D eigenvalue weighted by atomic mass is 10.1. The number of aromatic nitrogens is 2. The number of methoxy groups -OCH3 is 1. The van der Waals surface area contributed by atoms with Gasteiger partial charge in [-0.3, -0.25) is 0 Å². The lowest BCUT2D eigenvalue weighted by molar-refractivity contribution is 0.0547. The molecule has 4 rings (SSSR count). The Labute approximate surface area is 171 Å². The zero-order valence-electron chi connectivity index (χ0n) is 15.9. The summed E-state index contributed by atoms with van der Waals surface area (Å²) in [4.78, 5) is 17.4. The van der Waals surface area contributed by atoms with Gasteiger partial charge in [-0.2, -0.15) is 0 Å². The number of benzene rings is 2. The van der Waals surface area contributed by atoms with Crippen LogP contribution in [0.3, 0.4) is 0 Å². The second kappa shape index (κ2) is 6.79. The second-order valence-corrected chi connectivity index (χ2v) is 9.03. The molecule has 0 aliphatic carbocycles. The van der Waals surface area contributed by atoms with Crippen molar-refractivity contribution in [2.24, 2.45) is 0 Å². The highest BCUT2D eigenvalue weighted by Gasteiger charge is 2.23. The third-order valence-corrected chi connectivity index (χ3v) is 5.37. The fourth-order valence-electron chi connectivity index (χ4n) is 3.08. The molecule has 0 bridgehead atoms. The monoisotopic (exact) mass is 414 g/mol. The first kappa shape index (κ1) is 18.8. The van der Waals surface area contributed by atoms with Crippen LogP contribution < -0.4 is 4.74 Å². The van der Waals surface area contributed by atoms with Crippen LogP contribution in [0.25, 0.3) is 32.4 Å². The minimum atomic E-state index is -0.612. The summed E-state index contributed by atoms with van der Waals surface area (Å²) in [7, 11) is 1.60. The van der Waals surface area contributed by atoms with Crippen LogP contribution in [0, 0.1) is 0 Å². The first-order valence-corrected chi connectivity index (χ1v) is 9.94. The van der Waals surface area contributed by atoms with Crippen LogP contribution >= 0.6 is 22.9 Å². The minimum Gasteiger partial charge on any atom is -0.497 e. The van der Waals surface area contributed by atoms with Crippen molar-refractivity contribution in [2.45, 2.75) is 26.4 Å². The van der Waals surface area contributed by atoms with Crippen molar-refractivity contribution in [3.05, 3.63) is 46.9 Å². The van der Waals surface area contributed by atoms with Crippen molar-refractivity contribution in [3.63, 3.8) is 0 Å². The average molecular weight is 415 g/mol. The lowest BCUT2D eigenvalue weighted by Gasteiger charge is -2.21. The summed E-state index contributed by atoms with van der Waals surface area (Å²) in [6, 6.07) is 13.5. The summed E-state index contributed by atoms with van der Waals surface area (Å²) in [6.07, 6.45) is -0.437. The molecule has 0 radical (unpaired) electrons. The number of nitrogens with zero attached hydrogens (tertiary/aromatic N) is 2. The van der Waals surface area contributed by atoms with Crippen molar-refractivity contribution in [1.82, 2.24) is 9.55 Å². The van der Waals surface area contributed by atoms with Crippen LogP contribution in [-0.4, -0.2) is 28.4 Å². The molecule has 0 fully saturated rings. The van der Waals surface area contributed by atoms with Crippen LogP contribution in [0.1, 0.15) is 20.8 Å². The first-order chi connectivity index (χ1) is 13.2. The molecule has 28 heavy (non-hydrogen) atoms. The SMILES string of the molecule is COc1ccc2cc(-c3ccc4nc(Cl)sc4c3)n(C(=O)OC(C)(C)C)c2c1. The molecular weight excluding hydrogens is 396 g/mol. The zero-order valence-corrected chi connectivity index (χ0v) is 17.5.